The van der Waals surface area contributed by atoms with E-state index in [2.05, 4.69) is 25.1 Å². The SMILES string of the molecule is CC(C)c1ccc(Cl)cc1N1C(=O)CSC1=NC(=O)NCC(C)c1ccc(-c2ncn(-c3ccc(OC(F)(F)F)cc3)n2)cc1. The number of urea groups is 1. The molecular weight excluding hydrogens is 629 g/mol. The largest absolute Gasteiger partial charge is 0.573 e. The van der Waals surface area contributed by atoms with E-state index in [1.54, 1.807) is 12.1 Å². The van der Waals surface area contributed by atoms with Gasteiger partial charge in [0.15, 0.2) is 11.0 Å². The standard InChI is InChI=1S/C31H28ClF3N6O3S/c1-18(2)25-13-8-22(32)14-26(25)41-27(42)16-45-30(41)38-29(43)36-15-19(3)20-4-6-21(7-5-20)28-37-17-40(39-28)23-9-11-24(12-10-23)44-31(33,34)35/h4-14,17-19H,15-16H2,1-3H3,(H,36,43). The fraction of sp³-hybridized carbons (Fsp3) is 0.258. The molecule has 1 fully saturated rings. The van der Waals surface area contributed by atoms with Crippen molar-refractivity contribution >= 4 is 46.2 Å². The van der Waals surface area contributed by atoms with Gasteiger partial charge in [0, 0.05) is 17.1 Å². The lowest BCUT2D eigenvalue weighted by Crippen LogP contribution is -2.33. The maximum absolute atomic E-state index is 12.8. The molecule has 1 unspecified atom stereocenters. The first-order chi connectivity index (χ1) is 21.4. The van der Waals surface area contributed by atoms with E-state index in [1.165, 1.54) is 51.9 Å². The van der Waals surface area contributed by atoms with Crippen LogP contribution in [0.25, 0.3) is 17.1 Å². The number of hydrogen-bond donors (Lipinski definition) is 1. The predicted molar refractivity (Wildman–Crippen MR) is 168 cm³/mol. The molecule has 1 atom stereocenters. The van der Waals surface area contributed by atoms with Crippen molar-refractivity contribution in [2.45, 2.75) is 39.0 Å². The van der Waals surface area contributed by atoms with E-state index in [1.807, 2.05) is 51.1 Å². The van der Waals surface area contributed by atoms with Gasteiger partial charge in [0.1, 0.15) is 12.1 Å². The monoisotopic (exact) mass is 656 g/mol. The van der Waals surface area contributed by atoms with Crippen molar-refractivity contribution in [3.63, 3.8) is 0 Å². The van der Waals surface area contributed by atoms with Crippen LogP contribution in [0.2, 0.25) is 5.02 Å². The van der Waals surface area contributed by atoms with Gasteiger partial charge in [-0.25, -0.2) is 14.5 Å². The average Bonchev–Trinajstić information content (AvgIpc) is 3.62. The van der Waals surface area contributed by atoms with Gasteiger partial charge in [-0.05, 0) is 59.4 Å². The van der Waals surface area contributed by atoms with E-state index in [4.69, 9.17) is 11.6 Å². The number of amidine groups is 1. The number of carbonyl (C=O) groups is 2. The van der Waals surface area contributed by atoms with Crippen LogP contribution >= 0.6 is 23.4 Å². The molecule has 0 radical (unpaired) electrons. The summed E-state index contributed by atoms with van der Waals surface area (Å²) >= 11 is 7.43. The number of nitrogens with zero attached hydrogens (tertiary/aromatic N) is 5. The lowest BCUT2D eigenvalue weighted by Gasteiger charge is -2.22. The summed E-state index contributed by atoms with van der Waals surface area (Å²) in [5.41, 5.74) is 3.77. The highest BCUT2D eigenvalue weighted by Crippen LogP contribution is 2.35. The number of rotatable bonds is 8. The van der Waals surface area contributed by atoms with Crippen molar-refractivity contribution in [1.82, 2.24) is 20.1 Å². The molecule has 14 heteroatoms. The Morgan fingerprint density at radius 2 is 1.80 bits per heavy atom. The fourth-order valence-electron chi connectivity index (χ4n) is 4.65. The molecule has 45 heavy (non-hydrogen) atoms. The molecule has 2 heterocycles. The Balaban J connectivity index is 1.20. The maximum atomic E-state index is 12.8. The summed E-state index contributed by atoms with van der Waals surface area (Å²) in [4.78, 5) is 35.5. The van der Waals surface area contributed by atoms with Crippen LogP contribution in [0.15, 0.2) is 78.0 Å². The number of carbonyl (C=O) groups excluding carboxylic acids is 2. The fourth-order valence-corrected chi connectivity index (χ4v) is 5.67. The third-order valence-electron chi connectivity index (χ3n) is 6.94. The van der Waals surface area contributed by atoms with Gasteiger partial charge >= 0.3 is 12.4 Å². The van der Waals surface area contributed by atoms with Gasteiger partial charge in [-0.2, -0.15) is 4.99 Å². The molecule has 1 saturated heterocycles. The van der Waals surface area contributed by atoms with E-state index < -0.39 is 12.4 Å². The second kappa shape index (κ2) is 13.3. The summed E-state index contributed by atoms with van der Waals surface area (Å²) in [6.07, 6.45) is -3.30. The molecule has 0 aliphatic carbocycles. The summed E-state index contributed by atoms with van der Waals surface area (Å²) in [6, 6.07) is 17.6. The lowest BCUT2D eigenvalue weighted by atomic mass is 10.00. The molecule has 0 bridgehead atoms. The van der Waals surface area contributed by atoms with Crippen LogP contribution < -0.4 is 15.0 Å². The first-order valence-corrected chi connectivity index (χ1v) is 15.2. The minimum absolute atomic E-state index is 0.0550. The molecule has 4 aromatic rings. The van der Waals surface area contributed by atoms with Gasteiger partial charge in [-0.15, -0.1) is 18.3 Å². The van der Waals surface area contributed by atoms with Crippen molar-refractivity contribution in [2.75, 3.05) is 17.2 Å². The minimum Gasteiger partial charge on any atom is -0.406 e. The van der Waals surface area contributed by atoms with Crippen LogP contribution in [0.3, 0.4) is 0 Å². The molecule has 3 aromatic carbocycles. The molecule has 0 saturated carbocycles. The van der Waals surface area contributed by atoms with Crippen molar-refractivity contribution < 1.29 is 27.5 Å². The average molecular weight is 657 g/mol. The van der Waals surface area contributed by atoms with Gasteiger partial charge in [-0.3, -0.25) is 9.69 Å². The van der Waals surface area contributed by atoms with E-state index >= 15 is 0 Å². The summed E-state index contributed by atoms with van der Waals surface area (Å²) in [5, 5.41) is 8.04. The molecule has 5 rings (SSSR count). The predicted octanol–water partition coefficient (Wildman–Crippen LogP) is 7.56. The van der Waals surface area contributed by atoms with Gasteiger partial charge in [-0.1, -0.05) is 74.5 Å². The van der Waals surface area contributed by atoms with Crippen molar-refractivity contribution in [3.8, 4) is 22.8 Å². The summed E-state index contributed by atoms with van der Waals surface area (Å²) in [7, 11) is 0. The molecule has 1 aliphatic heterocycles. The van der Waals surface area contributed by atoms with Gasteiger partial charge in [0.2, 0.25) is 5.91 Å². The van der Waals surface area contributed by atoms with E-state index in [-0.39, 0.29) is 29.2 Å². The van der Waals surface area contributed by atoms with Crippen LogP contribution in [0, 0.1) is 0 Å². The highest BCUT2D eigenvalue weighted by atomic mass is 35.5. The van der Waals surface area contributed by atoms with Crippen molar-refractivity contribution in [3.05, 3.63) is 89.2 Å². The Bertz CT molecular complexity index is 1730. The third-order valence-corrected chi connectivity index (χ3v) is 8.10. The Hall–Kier alpha value is -4.36. The normalized spacial score (nSPS) is 15.2. The summed E-state index contributed by atoms with van der Waals surface area (Å²) in [6.45, 7) is 6.30. The topological polar surface area (TPSA) is 102 Å². The zero-order chi connectivity index (χ0) is 32.3. The van der Waals surface area contributed by atoms with Gasteiger partial charge < -0.3 is 10.1 Å². The molecule has 1 aliphatic rings. The Kier molecular flexibility index (Phi) is 9.49. The Morgan fingerprint density at radius 1 is 1.09 bits per heavy atom. The van der Waals surface area contributed by atoms with E-state index in [0.717, 1.165) is 16.7 Å². The first kappa shape index (κ1) is 32.0. The summed E-state index contributed by atoms with van der Waals surface area (Å²) in [5.74, 6) is 0.189. The van der Waals surface area contributed by atoms with Gasteiger partial charge in [0.05, 0.1) is 17.1 Å². The molecule has 0 spiro atoms. The first-order valence-electron chi connectivity index (χ1n) is 13.9. The van der Waals surface area contributed by atoms with Crippen LogP contribution in [0.5, 0.6) is 5.75 Å². The number of anilines is 1. The van der Waals surface area contributed by atoms with E-state index in [0.29, 0.717) is 33.9 Å². The van der Waals surface area contributed by atoms with E-state index in [9.17, 15) is 22.8 Å². The zero-order valence-corrected chi connectivity index (χ0v) is 26.0. The highest BCUT2D eigenvalue weighted by molar-refractivity contribution is 8.15. The Labute approximate surface area is 266 Å². The lowest BCUT2D eigenvalue weighted by molar-refractivity contribution is -0.274. The molecule has 1 aromatic heterocycles. The smallest absolute Gasteiger partial charge is 0.406 e. The van der Waals surface area contributed by atoms with Crippen LogP contribution in [0.1, 0.15) is 43.7 Å². The minimum atomic E-state index is -4.76. The molecular formula is C31H28ClF3N6O3S. The summed E-state index contributed by atoms with van der Waals surface area (Å²) < 4.78 is 42.6. The zero-order valence-electron chi connectivity index (χ0n) is 24.4. The molecule has 1 N–H and O–H groups in total. The second-order valence-corrected chi connectivity index (χ2v) is 11.9. The second-order valence-electron chi connectivity index (χ2n) is 10.5. The van der Waals surface area contributed by atoms with Crippen molar-refractivity contribution in [2.24, 2.45) is 4.99 Å². The number of ether oxygens (including phenoxy) is 1. The molecule has 9 nitrogen and oxygen atoms in total. The number of benzene rings is 3. The number of aromatic nitrogens is 3. The molecule has 234 valence electrons. The van der Waals surface area contributed by atoms with Crippen LogP contribution in [0.4, 0.5) is 23.7 Å². The number of nitrogens with one attached hydrogen (secondary N) is 1. The van der Waals surface area contributed by atoms with Crippen LogP contribution in [-0.4, -0.2) is 50.5 Å². The number of halogens is 4. The highest BCUT2D eigenvalue weighted by Gasteiger charge is 2.33. The maximum Gasteiger partial charge on any atom is 0.573 e. The third kappa shape index (κ3) is 7.84. The van der Waals surface area contributed by atoms with Crippen molar-refractivity contribution in [1.29, 1.82) is 0 Å². The number of aliphatic imine (C=N–C) groups is 1. The quantitative estimate of drug-likeness (QED) is 0.210. The molecule has 3 amide bonds. The number of amides is 3. The number of alkyl halides is 3. The van der Waals surface area contributed by atoms with Crippen LogP contribution in [-0.2, 0) is 4.79 Å². The Morgan fingerprint density at radius 3 is 2.47 bits per heavy atom. The number of thioether (sulfide) groups is 1. The number of hydrogen-bond acceptors (Lipinski definition) is 6. The van der Waals surface area contributed by atoms with Gasteiger partial charge in [0.25, 0.3) is 0 Å².